The van der Waals surface area contributed by atoms with Crippen LogP contribution in [0, 0.1) is 13.8 Å². The molecule has 192 valence electrons. The largest absolute Gasteiger partial charge is 0.444 e. The zero-order valence-corrected chi connectivity index (χ0v) is 22.9. The smallest absolute Gasteiger partial charge is 0.408 e. The summed E-state index contributed by atoms with van der Waals surface area (Å²) in [6.45, 7) is 14.0. The molecule has 7 nitrogen and oxygen atoms in total. The molecule has 2 unspecified atom stereocenters. The number of carbonyl (C=O) groups excluding carboxylic acids is 3. The van der Waals surface area contributed by atoms with Gasteiger partial charge in [0.25, 0.3) is 0 Å². The van der Waals surface area contributed by atoms with Gasteiger partial charge in [-0.05, 0) is 83.1 Å². The summed E-state index contributed by atoms with van der Waals surface area (Å²) in [7, 11) is 0. The van der Waals surface area contributed by atoms with Crippen LogP contribution in [0.5, 0.6) is 0 Å². The van der Waals surface area contributed by atoms with Crippen molar-refractivity contribution in [2.45, 2.75) is 85.4 Å². The number of nitrogens with zero attached hydrogens (tertiary/aromatic N) is 1. The lowest BCUT2D eigenvalue weighted by atomic mass is 9.93. The predicted octanol–water partition coefficient (Wildman–Crippen LogP) is 4.76. The molecule has 0 spiro atoms. The Morgan fingerprint density at radius 2 is 1.74 bits per heavy atom. The second kappa shape index (κ2) is 14.2. The molecule has 1 rings (SSSR count). The average molecular weight is 494 g/mol. The van der Waals surface area contributed by atoms with Crippen LogP contribution in [-0.4, -0.2) is 59.5 Å². The summed E-state index contributed by atoms with van der Waals surface area (Å²) in [5, 5.41) is 5.76. The van der Waals surface area contributed by atoms with Crippen molar-refractivity contribution in [3.05, 3.63) is 34.9 Å². The Morgan fingerprint density at radius 3 is 2.24 bits per heavy atom. The van der Waals surface area contributed by atoms with Crippen molar-refractivity contribution >= 4 is 29.7 Å². The first kappa shape index (κ1) is 29.8. The molecular formula is C26H43N3O4S. The van der Waals surface area contributed by atoms with Crippen LogP contribution in [-0.2, 0) is 14.3 Å². The van der Waals surface area contributed by atoms with E-state index in [9.17, 15) is 14.4 Å². The molecule has 1 aromatic carbocycles. The van der Waals surface area contributed by atoms with Crippen LogP contribution >= 0.6 is 11.8 Å². The number of unbranched alkanes of at least 4 members (excludes halogenated alkanes) is 1. The Kier molecular flexibility index (Phi) is 12.5. The second-order valence-corrected chi connectivity index (χ2v) is 10.4. The first-order valence-corrected chi connectivity index (χ1v) is 13.5. The van der Waals surface area contributed by atoms with E-state index in [0.29, 0.717) is 25.3 Å². The summed E-state index contributed by atoms with van der Waals surface area (Å²) in [5.41, 5.74) is 2.04. The zero-order chi connectivity index (χ0) is 25.9. The highest BCUT2D eigenvalue weighted by molar-refractivity contribution is 7.98. The third-order valence-electron chi connectivity index (χ3n) is 5.43. The molecule has 3 amide bonds. The molecular weight excluding hydrogens is 450 g/mol. The van der Waals surface area contributed by atoms with Crippen LogP contribution in [0.15, 0.2) is 18.2 Å². The first-order valence-electron chi connectivity index (χ1n) is 12.1. The Hall–Kier alpha value is -2.22. The number of carbonyl (C=O) groups is 3. The molecule has 0 fully saturated rings. The fourth-order valence-corrected chi connectivity index (χ4v) is 4.25. The van der Waals surface area contributed by atoms with Crippen LogP contribution in [0.25, 0.3) is 0 Å². The van der Waals surface area contributed by atoms with Gasteiger partial charge < -0.3 is 20.3 Å². The number of hydrogen-bond donors (Lipinski definition) is 2. The number of hydrogen-bond acceptors (Lipinski definition) is 5. The number of aryl methyl sites for hydroxylation is 2. The average Bonchev–Trinajstić information content (AvgIpc) is 2.74. The van der Waals surface area contributed by atoms with Gasteiger partial charge in [0.05, 0.1) is 0 Å². The van der Waals surface area contributed by atoms with Crippen LogP contribution in [0.3, 0.4) is 0 Å². The van der Waals surface area contributed by atoms with Crippen molar-refractivity contribution in [1.29, 1.82) is 0 Å². The molecule has 34 heavy (non-hydrogen) atoms. The molecule has 2 atom stereocenters. The maximum Gasteiger partial charge on any atom is 0.408 e. The van der Waals surface area contributed by atoms with Crippen molar-refractivity contribution in [2.75, 3.05) is 25.1 Å². The second-order valence-electron chi connectivity index (χ2n) is 9.46. The summed E-state index contributed by atoms with van der Waals surface area (Å²) < 4.78 is 5.40. The number of amides is 3. The van der Waals surface area contributed by atoms with Gasteiger partial charge in [0, 0.05) is 13.1 Å². The molecule has 0 aliphatic rings. The lowest BCUT2D eigenvalue weighted by molar-refractivity contribution is -0.142. The number of rotatable bonds is 12. The van der Waals surface area contributed by atoms with Gasteiger partial charge in [-0.3, -0.25) is 9.59 Å². The molecule has 0 aliphatic heterocycles. The van der Waals surface area contributed by atoms with E-state index in [1.165, 1.54) is 0 Å². The standard InChI is InChI=1S/C26H43N3O4S/c1-9-11-16-27-23(30)22(21-18(3)13-12-14-19(21)4)29(10-2)24(31)20(15-17-34-8)28-25(32)33-26(5,6)7/h12-14,20,22H,9-11,15-17H2,1-8H3,(H,27,30)(H,28,32). The van der Waals surface area contributed by atoms with Gasteiger partial charge in [-0.25, -0.2) is 4.79 Å². The van der Waals surface area contributed by atoms with E-state index in [1.54, 1.807) is 37.4 Å². The number of thioether (sulfide) groups is 1. The third kappa shape index (κ3) is 9.20. The quantitative estimate of drug-likeness (QED) is 0.410. The number of likely N-dealkylation sites (N-methyl/N-ethyl adjacent to an activating group) is 1. The minimum Gasteiger partial charge on any atom is -0.444 e. The van der Waals surface area contributed by atoms with Gasteiger partial charge in [-0.15, -0.1) is 0 Å². The third-order valence-corrected chi connectivity index (χ3v) is 6.07. The molecule has 8 heteroatoms. The van der Waals surface area contributed by atoms with Gasteiger partial charge in [0.2, 0.25) is 11.8 Å². The number of ether oxygens (including phenoxy) is 1. The normalized spacial score (nSPS) is 13.1. The van der Waals surface area contributed by atoms with Crippen LogP contribution in [0.2, 0.25) is 0 Å². The van der Waals surface area contributed by atoms with Crippen LogP contribution in [0.1, 0.15) is 76.6 Å². The van der Waals surface area contributed by atoms with E-state index in [2.05, 4.69) is 17.6 Å². The lowest BCUT2D eigenvalue weighted by Crippen LogP contribution is -2.53. The molecule has 0 saturated heterocycles. The molecule has 0 heterocycles. The summed E-state index contributed by atoms with van der Waals surface area (Å²) in [5.74, 6) is 0.184. The van der Waals surface area contributed by atoms with E-state index < -0.39 is 23.8 Å². The van der Waals surface area contributed by atoms with E-state index in [0.717, 1.165) is 29.5 Å². The van der Waals surface area contributed by atoms with Crippen LogP contribution < -0.4 is 10.6 Å². The monoisotopic (exact) mass is 493 g/mol. The lowest BCUT2D eigenvalue weighted by Gasteiger charge is -2.35. The Morgan fingerprint density at radius 1 is 1.12 bits per heavy atom. The van der Waals surface area contributed by atoms with E-state index in [4.69, 9.17) is 4.74 Å². The van der Waals surface area contributed by atoms with E-state index in [-0.39, 0.29) is 11.8 Å². The van der Waals surface area contributed by atoms with Crippen molar-refractivity contribution in [2.24, 2.45) is 0 Å². The van der Waals surface area contributed by atoms with Crippen molar-refractivity contribution in [1.82, 2.24) is 15.5 Å². The predicted molar refractivity (Wildman–Crippen MR) is 140 cm³/mol. The first-order chi connectivity index (χ1) is 16.0. The summed E-state index contributed by atoms with van der Waals surface area (Å²) in [6, 6.07) is 4.28. The molecule has 0 aliphatic carbocycles. The van der Waals surface area contributed by atoms with Crippen molar-refractivity contribution < 1.29 is 19.1 Å². The number of nitrogens with one attached hydrogen (secondary N) is 2. The molecule has 0 saturated carbocycles. The Labute approximate surface area is 209 Å². The van der Waals surface area contributed by atoms with Gasteiger partial charge >= 0.3 is 6.09 Å². The van der Waals surface area contributed by atoms with Gasteiger partial charge in [-0.1, -0.05) is 31.5 Å². The minimum absolute atomic E-state index is 0.207. The van der Waals surface area contributed by atoms with Crippen LogP contribution in [0.4, 0.5) is 4.79 Å². The van der Waals surface area contributed by atoms with Crippen molar-refractivity contribution in [3.8, 4) is 0 Å². The Bertz CT molecular complexity index is 803. The minimum atomic E-state index is -0.794. The molecule has 0 radical (unpaired) electrons. The molecule has 0 aromatic heterocycles. The van der Waals surface area contributed by atoms with E-state index >= 15 is 0 Å². The van der Waals surface area contributed by atoms with Crippen molar-refractivity contribution in [3.63, 3.8) is 0 Å². The topological polar surface area (TPSA) is 87.7 Å². The fraction of sp³-hybridized carbons (Fsp3) is 0.654. The zero-order valence-electron chi connectivity index (χ0n) is 22.1. The van der Waals surface area contributed by atoms with Gasteiger partial charge in [-0.2, -0.15) is 11.8 Å². The maximum absolute atomic E-state index is 13.8. The maximum atomic E-state index is 13.8. The van der Waals surface area contributed by atoms with E-state index in [1.807, 2.05) is 45.2 Å². The molecule has 0 bridgehead atoms. The fourth-order valence-electron chi connectivity index (χ4n) is 3.78. The Balaban J connectivity index is 3.37. The number of benzene rings is 1. The molecule has 2 N–H and O–H groups in total. The van der Waals surface area contributed by atoms with Gasteiger partial charge in [0.1, 0.15) is 17.7 Å². The summed E-state index contributed by atoms with van der Waals surface area (Å²) >= 11 is 1.59. The highest BCUT2D eigenvalue weighted by atomic mass is 32.2. The molecule has 1 aromatic rings. The van der Waals surface area contributed by atoms with Gasteiger partial charge in [0.15, 0.2) is 0 Å². The highest BCUT2D eigenvalue weighted by Gasteiger charge is 2.36. The summed E-state index contributed by atoms with van der Waals surface area (Å²) in [4.78, 5) is 41.4. The number of alkyl carbamates (subject to hydrolysis) is 1. The summed E-state index contributed by atoms with van der Waals surface area (Å²) in [6.07, 6.45) is 3.57. The SMILES string of the molecule is CCCCNC(=O)C(c1c(C)cccc1C)N(CC)C(=O)C(CCSC)NC(=O)OC(C)(C)C. The highest BCUT2D eigenvalue weighted by Crippen LogP contribution is 2.28.